The number of hydrogen-bond acceptors (Lipinski definition) is 3. The van der Waals surface area contributed by atoms with Crippen LogP contribution in [-0.2, 0) is 9.53 Å². The molecule has 1 aromatic heterocycles. The molecule has 1 saturated carbocycles. The number of carbonyl (C=O) groups is 1. The van der Waals surface area contributed by atoms with Crippen LogP contribution in [0.5, 0.6) is 0 Å². The van der Waals surface area contributed by atoms with Crippen LogP contribution in [0.2, 0.25) is 0 Å². The summed E-state index contributed by atoms with van der Waals surface area (Å²) in [5.74, 6) is 1.01. The number of rotatable bonds is 4. The Bertz CT molecular complexity index is 639. The minimum atomic E-state index is -0.0437. The summed E-state index contributed by atoms with van der Waals surface area (Å²) in [6, 6.07) is 10.6. The van der Waals surface area contributed by atoms with E-state index in [1.165, 1.54) is 10.9 Å². The molecule has 0 N–H and O–H groups in total. The van der Waals surface area contributed by atoms with Gasteiger partial charge >= 0.3 is 5.97 Å². The first-order valence-corrected chi connectivity index (χ1v) is 8.27. The predicted octanol–water partition coefficient (Wildman–Crippen LogP) is 4.46. The van der Waals surface area contributed by atoms with Crippen LogP contribution < -0.4 is 0 Å². The second-order valence-corrected chi connectivity index (χ2v) is 6.15. The van der Waals surface area contributed by atoms with E-state index in [0.717, 1.165) is 31.2 Å². The maximum atomic E-state index is 11.6. The average molecular weight is 297 g/mol. The zero-order valence-electron chi connectivity index (χ0n) is 13.1. The molecule has 3 nitrogen and oxygen atoms in total. The lowest BCUT2D eigenvalue weighted by Gasteiger charge is -2.28. The highest BCUT2D eigenvalue weighted by atomic mass is 16.5. The lowest BCUT2D eigenvalue weighted by Crippen LogP contribution is -2.18. The molecule has 116 valence electrons. The second kappa shape index (κ2) is 6.91. The van der Waals surface area contributed by atoms with Gasteiger partial charge in [-0.2, -0.15) is 0 Å². The monoisotopic (exact) mass is 297 g/mol. The summed E-state index contributed by atoms with van der Waals surface area (Å²) < 4.78 is 5.06. The molecule has 3 rings (SSSR count). The molecule has 1 aliphatic rings. The standard InChI is InChI=1S/C19H23NO2/c1-2-22-18(21)13-14-8-10-15(11-9-14)17-7-3-5-16-6-4-12-20-19(16)17/h3-7,12,14-15H,2,8-11,13H2,1H3. The van der Waals surface area contributed by atoms with Crippen molar-refractivity contribution in [1.29, 1.82) is 0 Å². The van der Waals surface area contributed by atoms with Crippen LogP contribution in [0.3, 0.4) is 0 Å². The Morgan fingerprint density at radius 2 is 1.95 bits per heavy atom. The number of pyridine rings is 1. The summed E-state index contributed by atoms with van der Waals surface area (Å²) >= 11 is 0. The Morgan fingerprint density at radius 1 is 1.18 bits per heavy atom. The number of aromatic nitrogens is 1. The Hall–Kier alpha value is -1.90. The van der Waals surface area contributed by atoms with Gasteiger partial charge in [0, 0.05) is 18.0 Å². The molecule has 0 saturated heterocycles. The quantitative estimate of drug-likeness (QED) is 0.782. The average Bonchev–Trinajstić information content (AvgIpc) is 2.55. The van der Waals surface area contributed by atoms with E-state index in [1.807, 2.05) is 19.2 Å². The maximum Gasteiger partial charge on any atom is 0.306 e. The molecule has 2 aromatic rings. The van der Waals surface area contributed by atoms with Crippen molar-refractivity contribution in [2.45, 2.75) is 44.9 Å². The molecule has 0 bridgehead atoms. The third-order valence-electron chi connectivity index (χ3n) is 4.71. The number of benzene rings is 1. The molecule has 1 fully saturated rings. The summed E-state index contributed by atoms with van der Waals surface area (Å²) in [5.41, 5.74) is 2.51. The topological polar surface area (TPSA) is 39.2 Å². The van der Waals surface area contributed by atoms with E-state index in [2.05, 4.69) is 29.2 Å². The van der Waals surface area contributed by atoms with Gasteiger partial charge in [-0.3, -0.25) is 9.78 Å². The van der Waals surface area contributed by atoms with Gasteiger partial charge in [-0.15, -0.1) is 0 Å². The van der Waals surface area contributed by atoms with Crippen LogP contribution in [0.1, 0.15) is 50.5 Å². The van der Waals surface area contributed by atoms with Crippen molar-refractivity contribution in [1.82, 2.24) is 4.98 Å². The fourth-order valence-corrected chi connectivity index (χ4v) is 3.59. The Balaban J connectivity index is 1.67. The highest BCUT2D eigenvalue weighted by Gasteiger charge is 2.25. The fourth-order valence-electron chi connectivity index (χ4n) is 3.59. The third kappa shape index (κ3) is 3.29. The van der Waals surface area contributed by atoms with Crippen molar-refractivity contribution >= 4 is 16.9 Å². The molecule has 22 heavy (non-hydrogen) atoms. The first kappa shape index (κ1) is 15.0. The lowest BCUT2D eigenvalue weighted by molar-refractivity contribution is -0.144. The third-order valence-corrected chi connectivity index (χ3v) is 4.71. The summed E-state index contributed by atoms with van der Waals surface area (Å²) in [5, 5.41) is 1.22. The van der Waals surface area contributed by atoms with Gasteiger partial charge < -0.3 is 4.74 Å². The SMILES string of the molecule is CCOC(=O)CC1CCC(c2cccc3cccnc23)CC1. The molecule has 0 atom stereocenters. The van der Waals surface area contributed by atoms with Crippen molar-refractivity contribution in [2.75, 3.05) is 6.61 Å². The normalized spacial score (nSPS) is 21.7. The molecule has 0 radical (unpaired) electrons. The van der Waals surface area contributed by atoms with E-state index in [9.17, 15) is 4.79 Å². The van der Waals surface area contributed by atoms with Crippen LogP contribution >= 0.6 is 0 Å². The Morgan fingerprint density at radius 3 is 2.73 bits per heavy atom. The van der Waals surface area contributed by atoms with Crippen LogP contribution in [0.25, 0.3) is 10.9 Å². The lowest BCUT2D eigenvalue weighted by atomic mass is 9.77. The number of carbonyl (C=O) groups excluding carboxylic acids is 1. The molecule has 0 amide bonds. The van der Waals surface area contributed by atoms with Crippen LogP contribution in [0, 0.1) is 5.92 Å². The summed E-state index contributed by atoms with van der Waals surface area (Å²) in [4.78, 5) is 16.2. The van der Waals surface area contributed by atoms with Crippen molar-refractivity contribution in [3.8, 4) is 0 Å². The minimum Gasteiger partial charge on any atom is -0.466 e. The summed E-state index contributed by atoms with van der Waals surface area (Å²) in [6.07, 6.45) is 6.94. The first-order chi connectivity index (χ1) is 10.8. The fraction of sp³-hybridized carbons (Fsp3) is 0.474. The number of esters is 1. The van der Waals surface area contributed by atoms with E-state index in [0.29, 0.717) is 24.9 Å². The smallest absolute Gasteiger partial charge is 0.306 e. The zero-order valence-corrected chi connectivity index (χ0v) is 13.1. The highest BCUT2D eigenvalue weighted by Crippen LogP contribution is 2.39. The molecular weight excluding hydrogens is 274 g/mol. The summed E-state index contributed by atoms with van der Waals surface area (Å²) in [7, 11) is 0. The number of para-hydroxylation sites is 1. The highest BCUT2D eigenvalue weighted by molar-refractivity contribution is 5.82. The van der Waals surface area contributed by atoms with Crippen molar-refractivity contribution in [3.05, 3.63) is 42.1 Å². The largest absolute Gasteiger partial charge is 0.466 e. The molecule has 1 heterocycles. The van der Waals surface area contributed by atoms with E-state index < -0.39 is 0 Å². The predicted molar refractivity (Wildman–Crippen MR) is 87.7 cm³/mol. The van der Waals surface area contributed by atoms with Gasteiger partial charge in [0.2, 0.25) is 0 Å². The zero-order chi connectivity index (χ0) is 15.4. The summed E-state index contributed by atoms with van der Waals surface area (Å²) in [6.45, 7) is 2.35. The molecule has 1 aliphatic carbocycles. The van der Waals surface area contributed by atoms with Crippen LogP contribution in [0.15, 0.2) is 36.5 Å². The molecule has 0 spiro atoms. The molecule has 1 aromatic carbocycles. The molecular formula is C19H23NO2. The van der Waals surface area contributed by atoms with Crippen molar-refractivity contribution < 1.29 is 9.53 Å². The van der Waals surface area contributed by atoms with Crippen molar-refractivity contribution in [2.24, 2.45) is 5.92 Å². The van der Waals surface area contributed by atoms with Gasteiger partial charge in [0.1, 0.15) is 0 Å². The van der Waals surface area contributed by atoms with Gasteiger partial charge in [0.15, 0.2) is 0 Å². The Labute approximate surface area is 131 Å². The first-order valence-electron chi connectivity index (χ1n) is 8.27. The van der Waals surface area contributed by atoms with Gasteiger partial charge in [-0.05, 0) is 56.1 Å². The van der Waals surface area contributed by atoms with E-state index in [-0.39, 0.29) is 5.97 Å². The minimum absolute atomic E-state index is 0.0437. The van der Waals surface area contributed by atoms with E-state index in [1.54, 1.807) is 0 Å². The number of ether oxygens (including phenoxy) is 1. The van der Waals surface area contributed by atoms with Crippen LogP contribution in [-0.4, -0.2) is 17.6 Å². The van der Waals surface area contributed by atoms with Crippen LogP contribution in [0.4, 0.5) is 0 Å². The molecule has 3 heteroatoms. The maximum absolute atomic E-state index is 11.6. The molecule has 0 aliphatic heterocycles. The van der Waals surface area contributed by atoms with Gasteiger partial charge in [-0.25, -0.2) is 0 Å². The second-order valence-electron chi connectivity index (χ2n) is 6.15. The Kier molecular flexibility index (Phi) is 4.71. The van der Waals surface area contributed by atoms with Gasteiger partial charge in [0.25, 0.3) is 0 Å². The van der Waals surface area contributed by atoms with Crippen molar-refractivity contribution in [3.63, 3.8) is 0 Å². The number of hydrogen-bond donors (Lipinski definition) is 0. The number of fused-ring (bicyclic) bond motifs is 1. The number of nitrogens with zero attached hydrogens (tertiary/aromatic N) is 1. The van der Waals surface area contributed by atoms with E-state index in [4.69, 9.17) is 4.74 Å². The van der Waals surface area contributed by atoms with Gasteiger partial charge in [-0.1, -0.05) is 24.3 Å². The molecule has 0 unspecified atom stereocenters. The van der Waals surface area contributed by atoms with E-state index >= 15 is 0 Å². The van der Waals surface area contributed by atoms with Gasteiger partial charge in [0.05, 0.1) is 12.1 Å².